The quantitative estimate of drug-likeness (QED) is 0.737. The zero-order valence-corrected chi connectivity index (χ0v) is 9.59. The van der Waals surface area contributed by atoms with Crippen molar-refractivity contribution < 1.29 is 0 Å². The van der Waals surface area contributed by atoms with Gasteiger partial charge in [0.25, 0.3) is 0 Å². The molecule has 68 valence electrons. The van der Waals surface area contributed by atoms with Crippen LogP contribution in [0.25, 0.3) is 0 Å². The van der Waals surface area contributed by atoms with Crippen molar-refractivity contribution >= 4 is 23.3 Å². The van der Waals surface area contributed by atoms with Crippen molar-refractivity contribution in [3.8, 4) is 0 Å². The molecule has 0 N–H and O–H groups in total. The minimum atomic E-state index is -0.805. The molecule has 0 amide bonds. The largest absolute Gasteiger partial charge is 0.138 e. The molecule has 1 aromatic carbocycles. The van der Waals surface area contributed by atoms with E-state index in [1.54, 1.807) is 0 Å². The molecule has 0 aliphatic carbocycles. The summed E-state index contributed by atoms with van der Waals surface area (Å²) in [6.07, 6.45) is 4.24. The molecule has 0 aromatic heterocycles. The fourth-order valence-corrected chi connectivity index (χ4v) is 4.55. The van der Waals surface area contributed by atoms with Gasteiger partial charge in [-0.2, -0.15) is 0 Å². The predicted octanol–water partition coefficient (Wildman–Crippen LogP) is 4.34. The van der Waals surface area contributed by atoms with Crippen LogP contribution in [0.2, 0.25) is 0 Å². The maximum absolute atomic E-state index is 3.79. The van der Waals surface area contributed by atoms with Crippen LogP contribution in [0, 0.1) is 0 Å². The van der Waals surface area contributed by atoms with E-state index in [0.717, 1.165) is 5.75 Å². The second kappa shape index (κ2) is 3.72. The molecule has 13 heavy (non-hydrogen) atoms. The fraction of sp³-hybridized carbons (Fsp3) is 0.0909. The lowest BCUT2D eigenvalue weighted by Gasteiger charge is -2.22. The van der Waals surface area contributed by atoms with Crippen molar-refractivity contribution in [3.63, 3.8) is 0 Å². The van der Waals surface area contributed by atoms with Gasteiger partial charge in [0.1, 0.15) is 0 Å². The van der Waals surface area contributed by atoms with E-state index in [9.17, 15) is 0 Å². The average Bonchev–Trinajstić information content (AvgIpc) is 2.54. The van der Waals surface area contributed by atoms with Crippen molar-refractivity contribution in [2.45, 2.75) is 5.75 Å². The molecule has 0 bridgehead atoms. The van der Waals surface area contributed by atoms with Crippen LogP contribution in [-0.4, -0.2) is 0 Å². The van der Waals surface area contributed by atoms with Crippen LogP contribution in [0.5, 0.6) is 0 Å². The Balaban J connectivity index is 2.15. The highest BCUT2D eigenvalue weighted by Gasteiger charge is 2.16. The Kier molecular flexibility index (Phi) is 2.61. The molecular weight excluding hydrogens is 244 g/mol. The average molecular weight is 255 g/mol. The first-order valence-corrected chi connectivity index (χ1v) is 7.95. The number of hydrogen-bond donors (Lipinski definition) is 0. The highest BCUT2D eigenvalue weighted by atomic mass is 79.9. The van der Waals surface area contributed by atoms with Crippen LogP contribution in [0.3, 0.4) is 0 Å². The van der Waals surface area contributed by atoms with E-state index in [0.29, 0.717) is 0 Å². The lowest BCUT2D eigenvalue weighted by atomic mass is 10.2. The highest BCUT2D eigenvalue weighted by Crippen LogP contribution is 2.63. The maximum atomic E-state index is 3.79. The first-order chi connectivity index (χ1) is 6.29. The number of benzene rings is 1. The van der Waals surface area contributed by atoms with Crippen LogP contribution >= 0.6 is 23.3 Å². The second-order valence-corrected chi connectivity index (χ2v) is 9.01. The van der Waals surface area contributed by atoms with Crippen molar-refractivity contribution in [1.82, 2.24) is 0 Å². The van der Waals surface area contributed by atoms with E-state index >= 15 is 0 Å². The lowest BCUT2D eigenvalue weighted by Crippen LogP contribution is -1.87. The number of hydrogen-bond acceptors (Lipinski definition) is 0. The second-order valence-electron chi connectivity index (χ2n) is 3.04. The van der Waals surface area contributed by atoms with E-state index in [1.807, 2.05) is 0 Å². The van der Waals surface area contributed by atoms with Crippen LogP contribution in [0.4, 0.5) is 0 Å². The van der Waals surface area contributed by atoms with Gasteiger partial charge in [0.15, 0.2) is 0 Å². The topological polar surface area (TPSA) is 0 Å². The smallest absolute Gasteiger partial charge is 0.0186 e. The summed E-state index contributed by atoms with van der Waals surface area (Å²) in [6.45, 7) is 0. The maximum Gasteiger partial charge on any atom is 0.0186 e. The summed E-state index contributed by atoms with van der Waals surface area (Å²) in [6, 6.07) is 10.6. The van der Waals surface area contributed by atoms with E-state index in [2.05, 4.69) is 68.1 Å². The van der Waals surface area contributed by atoms with Gasteiger partial charge in [-0.15, -0.1) is 8.46 Å². The van der Waals surface area contributed by atoms with E-state index in [4.69, 9.17) is 0 Å². The molecule has 1 aliphatic rings. The number of rotatable bonds is 2. The molecule has 0 nitrogen and oxygen atoms in total. The van der Waals surface area contributed by atoms with Gasteiger partial charge < -0.3 is 0 Å². The van der Waals surface area contributed by atoms with Gasteiger partial charge in [0.2, 0.25) is 0 Å². The lowest BCUT2D eigenvalue weighted by molar-refractivity contribution is 1.42. The van der Waals surface area contributed by atoms with Crippen LogP contribution in [0.1, 0.15) is 5.56 Å². The van der Waals surface area contributed by atoms with Gasteiger partial charge in [0.05, 0.1) is 0 Å². The monoisotopic (exact) mass is 254 g/mol. The zero-order valence-electron chi connectivity index (χ0n) is 7.19. The summed E-state index contributed by atoms with van der Waals surface area (Å²) in [4.78, 5) is 0. The van der Waals surface area contributed by atoms with Crippen LogP contribution in [-0.2, 0) is 5.75 Å². The molecule has 2 rings (SSSR count). The summed E-state index contributed by atoms with van der Waals surface area (Å²) in [5.74, 6) is 1.10. The Morgan fingerprint density at radius 2 is 1.62 bits per heavy atom. The molecule has 1 aliphatic heterocycles. The third-order valence-electron chi connectivity index (χ3n) is 1.95. The Labute approximate surface area is 87.9 Å². The molecule has 2 heteroatoms. The normalized spacial score (nSPS) is 20.4. The van der Waals surface area contributed by atoms with Gasteiger partial charge in [-0.1, -0.05) is 42.5 Å². The molecule has 0 fully saturated rings. The van der Waals surface area contributed by atoms with E-state index in [1.165, 1.54) is 5.56 Å². The molecular formula is C11H11BrS. The first-order valence-electron chi connectivity index (χ1n) is 4.18. The van der Waals surface area contributed by atoms with Gasteiger partial charge in [0, 0.05) is 5.75 Å². The van der Waals surface area contributed by atoms with Crippen molar-refractivity contribution in [3.05, 3.63) is 58.9 Å². The van der Waals surface area contributed by atoms with Gasteiger partial charge in [-0.05, 0) is 31.2 Å². The summed E-state index contributed by atoms with van der Waals surface area (Å²) >= 11 is 3.79. The first kappa shape index (κ1) is 9.10. The minimum Gasteiger partial charge on any atom is -0.138 e. The molecule has 1 heterocycles. The highest BCUT2D eigenvalue weighted by molar-refractivity contribution is 9.59. The molecule has 0 saturated heterocycles. The van der Waals surface area contributed by atoms with Crippen LogP contribution in [0.15, 0.2) is 53.3 Å². The van der Waals surface area contributed by atoms with Crippen LogP contribution < -0.4 is 0 Å². The van der Waals surface area contributed by atoms with Gasteiger partial charge in [-0.3, -0.25) is 0 Å². The van der Waals surface area contributed by atoms with E-state index in [-0.39, 0.29) is 0 Å². The summed E-state index contributed by atoms with van der Waals surface area (Å²) in [5.41, 5.74) is 1.39. The summed E-state index contributed by atoms with van der Waals surface area (Å²) in [5, 5.41) is 4.53. The Morgan fingerprint density at radius 3 is 2.23 bits per heavy atom. The third-order valence-corrected chi connectivity index (χ3v) is 5.93. The Morgan fingerprint density at radius 1 is 1.00 bits per heavy atom. The standard InChI is InChI=1S/C11H11BrS/c12-13(8-4-5-9-13)10-11-6-2-1-3-7-11/h1-9H,10H2. The third kappa shape index (κ3) is 2.26. The van der Waals surface area contributed by atoms with Gasteiger partial charge in [-0.25, -0.2) is 0 Å². The fourth-order valence-electron chi connectivity index (χ4n) is 1.32. The Hall–Kier alpha value is -0.470. The predicted molar refractivity (Wildman–Crippen MR) is 64.9 cm³/mol. The molecule has 0 saturated carbocycles. The molecule has 0 spiro atoms. The summed E-state index contributed by atoms with van der Waals surface area (Å²) < 4.78 is 0. The van der Waals surface area contributed by atoms with Crippen molar-refractivity contribution in [2.75, 3.05) is 0 Å². The van der Waals surface area contributed by atoms with E-state index < -0.39 is 8.46 Å². The Bertz CT molecular complexity index is 328. The number of allylic oxidation sites excluding steroid dienone is 2. The molecule has 0 atom stereocenters. The van der Waals surface area contributed by atoms with Crippen molar-refractivity contribution in [1.29, 1.82) is 0 Å². The molecule has 0 unspecified atom stereocenters. The molecule has 1 aromatic rings. The molecule has 0 radical (unpaired) electrons. The van der Waals surface area contributed by atoms with Gasteiger partial charge >= 0.3 is 0 Å². The number of halogens is 1. The zero-order chi connectivity index (χ0) is 9.15. The minimum absolute atomic E-state index is 0.805. The van der Waals surface area contributed by atoms with Crippen molar-refractivity contribution in [2.24, 2.45) is 0 Å². The summed E-state index contributed by atoms with van der Waals surface area (Å²) in [7, 11) is -0.805. The SMILES string of the molecule is BrS1(Cc2ccccc2)C=CC=C1.